The van der Waals surface area contributed by atoms with Crippen molar-refractivity contribution in [2.24, 2.45) is 0 Å². The molecule has 3 heteroatoms. The van der Waals surface area contributed by atoms with Crippen LogP contribution in [-0.4, -0.2) is 11.3 Å². The van der Waals surface area contributed by atoms with Crippen LogP contribution in [0.1, 0.15) is 5.69 Å². The average Bonchev–Trinajstić information content (AvgIpc) is 1.94. The third-order valence-electron chi connectivity index (χ3n) is 1.07. The molecular formula is C7H5FNO. The zero-order valence-corrected chi connectivity index (χ0v) is 5.17. The summed E-state index contributed by atoms with van der Waals surface area (Å²) in [4.78, 5) is 13.4. The number of hydrogen-bond donors (Lipinski definition) is 0. The minimum atomic E-state index is -0.453. The third kappa shape index (κ3) is 1.37. The summed E-state index contributed by atoms with van der Waals surface area (Å²) in [7, 11) is 0. The summed E-state index contributed by atoms with van der Waals surface area (Å²) in [5.74, 6) is -0.453. The van der Waals surface area contributed by atoms with Crippen molar-refractivity contribution in [1.29, 1.82) is 0 Å². The maximum Gasteiger partial charge on any atom is 0.204 e. The largest absolute Gasteiger partial charge is 0.290 e. The van der Waals surface area contributed by atoms with Gasteiger partial charge in [-0.3, -0.25) is 9.78 Å². The lowest BCUT2D eigenvalue weighted by Crippen LogP contribution is -1.93. The predicted molar refractivity (Wildman–Crippen MR) is 33.6 cm³/mol. The molecule has 0 aliphatic rings. The van der Waals surface area contributed by atoms with Crippen molar-refractivity contribution in [3.63, 3.8) is 0 Å². The number of rotatable bonds is 2. The molecule has 2 nitrogen and oxygen atoms in total. The van der Waals surface area contributed by atoms with Crippen molar-refractivity contribution in [3.8, 4) is 0 Å². The van der Waals surface area contributed by atoms with Gasteiger partial charge in [-0.05, 0) is 12.1 Å². The smallest absolute Gasteiger partial charge is 0.204 e. The van der Waals surface area contributed by atoms with Gasteiger partial charge >= 0.3 is 0 Å². The van der Waals surface area contributed by atoms with E-state index in [4.69, 9.17) is 0 Å². The summed E-state index contributed by atoms with van der Waals surface area (Å²) in [5.41, 5.74) is 0.150. The van der Waals surface area contributed by atoms with E-state index in [0.717, 1.165) is 0 Å². The predicted octanol–water partition coefficient (Wildman–Crippen LogP) is 0.873. The van der Waals surface area contributed by atoms with E-state index < -0.39 is 5.82 Å². The first-order valence-corrected chi connectivity index (χ1v) is 2.79. The number of pyridine rings is 1. The zero-order chi connectivity index (χ0) is 7.40. The highest BCUT2D eigenvalue weighted by molar-refractivity contribution is 5.54. The first kappa shape index (κ1) is 6.86. The second-order valence-electron chi connectivity index (χ2n) is 1.75. The Morgan fingerprint density at radius 3 is 3.10 bits per heavy atom. The van der Waals surface area contributed by atoms with Gasteiger partial charge in [-0.25, -0.2) is 4.39 Å². The van der Waals surface area contributed by atoms with Crippen LogP contribution in [0.3, 0.4) is 0 Å². The highest BCUT2D eigenvalue weighted by atomic mass is 19.1. The Kier molecular flexibility index (Phi) is 2.10. The Hall–Kier alpha value is -1.25. The van der Waals surface area contributed by atoms with Gasteiger partial charge < -0.3 is 0 Å². The molecule has 0 N–H and O–H groups in total. The van der Waals surface area contributed by atoms with Crippen molar-refractivity contribution >= 4 is 6.29 Å². The summed E-state index contributed by atoms with van der Waals surface area (Å²) in [5, 5.41) is 0. The molecule has 51 valence electrons. The Morgan fingerprint density at radius 2 is 2.50 bits per heavy atom. The number of aromatic nitrogens is 1. The Bertz CT molecular complexity index is 237. The molecule has 1 heterocycles. The molecule has 0 saturated carbocycles. The van der Waals surface area contributed by atoms with Gasteiger partial charge in [-0.2, -0.15) is 0 Å². The first-order chi connectivity index (χ1) is 4.84. The van der Waals surface area contributed by atoms with Crippen LogP contribution in [0.2, 0.25) is 0 Å². The van der Waals surface area contributed by atoms with Gasteiger partial charge in [0.1, 0.15) is 5.82 Å². The van der Waals surface area contributed by atoms with E-state index in [0.29, 0.717) is 0 Å². The fourth-order valence-electron chi connectivity index (χ4n) is 0.617. The van der Waals surface area contributed by atoms with Crippen molar-refractivity contribution < 1.29 is 9.18 Å². The van der Waals surface area contributed by atoms with Gasteiger partial charge in [0, 0.05) is 6.20 Å². The molecule has 0 unspecified atom stereocenters. The average molecular weight is 138 g/mol. The summed E-state index contributed by atoms with van der Waals surface area (Å²) >= 11 is 0. The number of carbonyl (C=O) groups excluding carboxylic acids is 1. The first-order valence-electron chi connectivity index (χ1n) is 2.79. The lowest BCUT2D eigenvalue weighted by molar-refractivity contribution is 0.549. The van der Waals surface area contributed by atoms with Crippen LogP contribution in [0.25, 0.3) is 0 Å². The van der Waals surface area contributed by atoms with Crippen molar-refractivity contribution in [2.45, 2.75) is 6.42 Å². The molecule has 1 aromatic heterocycles. The Labute approximate surface area is 57.7 Å². The molecular weight excluding hydrogens is 133 g/mol. The molecule has 0 bridgehead atoms. The molecule has 0 aliphatic heterocycles. The molecule has 0 fully saturated rings. The highest BCUT2D eigenvalue weighted by Crippen LogP contribution is 2.00. The fraction of sp³-hybridized carbons (Fsp3) is 0.143. The molecule has 1 rings (SSSR count). The molecule has 0 spiro atoms. The van der Waals surface area contributed by atoms with Gasteiger partial charge in [0.05, 0.1) is 12.1 Å². The van der Waals surface area contributed by atoms with Crippen LogP contribution >= 0.6 is 0 Å². The lowest BCUT2D eigenvalue weighted by atomic mass is 10.3. The van der Waals surface area contributed by atoms with Gasteiger partial charge in [0.15, 0.2) is 0 Å². The zero-order valence-electron chi connectivity index (χ0n) is 5.17. The van der Waals surface area contributed by atoms with Gasteiger partial charge in [-0.15, -0.1) is 0 Å². The molecule has 1 radical (unpaired) electrons. The van der Waals surface area contributed by atoms with E-state index in [1.54, 1.807) is 6.29 Å². The minimum absolute atomic E-state index is 0.0767. The third-order valence-corrected chi connectivity index (χ3v) is 1.07. The Balaban J connectivity index is 2.91. The van der Waals surface area contributed by atoms with Gasteiger partial charge in [-0.1, -0.05) is 0 Å². The van der Waals surface area contributed by atoms with Crippen LogP contribution in [0.5, 0.6) is 0 Å². The maximum absolute atomic E-state index is 12.5. The van der Waals surface area contributed by atoms with E-state index in [2.05, 4.69) is 4.98 Å². The van der Waals surface area contributed by atoms with Crippen LogP contribution in [0.4, 0.5) is 4.39 Å². The van der Waals surface area contributed by atoms with E-state index in [9.17, 15) is 9.18 Å². The topological polar surface area (TPSA) is 30.0 Å². The molecule has 0 saturated heterocycles. The highest BCUT2D eigenvalue weighted by Gasteiger charge is 1.99. The van der Waals surface area contributed by atoms with Crippen LogP contribution in [-0.2, 0) is 11.2 Å². The standard InChI is InChI=1S/C7H5FNO/c8-6-2-1-4-9-7(6)3-5-10/h1-2,4H,3H2. The number of hydrogen-bond acceptors (Lipinski definition) is 2. The molecule has 0 atom stereocenters. The summed E-state index contributed by atoms with van der Waals surface area (Å²) in [6.45, 7) is 0. The van der Waals surface area contributed by atoms with Gasteiger partial charge in [0.2, 0.25) is 6.29 Å². The second kappa shape index (κ2) is 3.06. The maximum atomic E-state index is 12.5. The van der Waals surface area contributed by atoms with Crippen molar-refractivity contribution in [3.05, 3.63) is 29.8 Å². The van der Waals surface area contributed by atoms with E-state index in [1.807, 2.05) is 0 Å². The van der Waals surface area contributed by atoms with E-state index in [1.165, 1.54) is 18.3 Å². The number of halogens is 1. The molecule has 0 aliphatic carbocycles. The van der Waals surface area contributed by atoms with Crippen LogP contribution in [0.15, 0.2) is 18.3 Å². The summed E-state index contributed by atoms with van der Waals surface area (Å²) in [6.07, 6.45) is 2.94. The molecule has 10 heavy (non-hydrogen) atoms. The van der Waals surface area contributed by atoms with E-state index >= 15 is 0 Å². The molecule has 0 aromatic carbocycles. The lowest BCUT2D eigenvalue weighted by Gasteiger charge is -1.92. The molecule has 1 aromatic rings. The van der Waals surface area contributed by atoms with Crippen LogP contribution in [0, 0.1) is 5.82 Å². The fourth-order valence-corrected chi connectivity index (χ4v) is 0.617. The minimum Gasteiger partial charge on any atom is -0.290 e. The van der Waals surface area contributed by atoms with Crippen LogP contribution < -0.4 is 0 Å². The SMILES string of the molecule is O=[C]Cc1ncccc1F. The van der Waals surface area contributed by atoms with E-state index in [-0.39, 0.29) is 12.1 Å². The summed E-state index contributed by atoms with van der Waals surface area (Å²) < 4.78 is 12.5. The van der Waals surface area contributed by atoms with Gasteiger partial charge in [0.25, 0.3) is 0 Å². The van der Waals surface area contributed by atoms with Crippen molar-refractivity contribution in [2.75, 3.05) is 0 Å². The number of nitrogens with zero attached hydrogens (tertiary/aromatic N) is 1. The quantitative estimate of drug-likeness (QED) is 0.607. The second-order valence-corrected chi connectivity index (χ2v) is 1.75. The Morgan fingerprint density at radius 1 is 1.70 bits per heavy atom. The summed E-state index contributed by atoms with van der Waals surface area (Å²) in [6, 6.07) is 2.74. The van der Waals surface area contributed by atoms with Crippen molar-refractivity contribution in [1.82, 2.24) is 4.98 Å². The monoisotopic (exact) mass is 138 g/mol. The molecule has 0 amide bonds. The normalized spacial score (nSPS) is 9.30.